The van der Waals surface area contributed by atoms with Crippen molar-refractivity contribution < 1.29 is 0 Å². The summed E-state index contributed by atoms with van der Waals surface area (Å²) < 4.78 is 1.17. The third kappa shape index (κ3) is 2.25. The fourth-order valence-electron chi connectivity index (χ4n) is 1.45. The van der Waals surface area contributed by atoms with Gasteiger partial charge in [0.25, 0.3) is 5.56 Å². The van der Waals surface area contributed by atoms with Gasteiger partial charge in [-0.25, -0.2) is 4.79 Å². The number of hydrogen-bond donors (Lipinski definition) is 1. The normalized spacial score (nSPS) is 10.2. The second-order valence-corrected chi connectivity index (χ2v) is 3.38. The van der Waals surface area contributed by atoms with Crippen LogP contribution in [0.2, 0.25) is 0 Å². The van der Waals surface area contributed by atoms with Crippen LogP contribution in [0.15, 0.2) is 46.4 Å². The zero-order chi connectivity index (χ0) is 11.4. The standard InChI is InChI=1S/C11H11N3O2/c15-10-3-6-13-11(16)14(10)7-4-9-2-1-5-12-8-9/h1-3,5-6,8H,4,7H2,(H,13,16). The maximum Gasteiger partial charge on any atom is 0.328 e. The summed E-state index contributed by atoms with van der Waals surface area (Å²) in [6.07, 6.45) is 5.37. The fraction of sp³-hybridized carbons (Fsp3) is 0.182. The van der Waals surface area contributed by atoms with Crippen LogP contribution in [-0.2, 0) is 13.0 Å². The molecule has 0 atom stereocenters. The SMILES string of the molecule is O=c1cc[nH]c(=O)n1CCc1cccnc1. The quantitative estimate of drug-likeness (QED) is 0.797. The number of rotatable bonds is 3. The van der Waals surface area contributed by atoms with Gasteiger partial charge in [-0.1, -0.05) is 6.07 Å². The van der Waals surface area contributed by atoms with Crippen molar-refractivity contribution in [1.82, 2.24) is 14.5 Å². The summed E-state index contributed by atoms with van der Waals surface area (Å²) in [7, 11) is 0. The van der Waals surface area contributed by atoms with Gasteiger partial charge in [-0.3, -0.25) is 14.3 Å². The van der Waals surface area contributed by atoms with Gasteiger partial charge < -0.3 is 4.98 Å². The number of aryl methyl sites for hydroxylation is 1. The first-order valence-corrected chi connectivity index (χ1v) is 4.95. The highest BCUT2D eigenvalue weighted by Gasteiger charge is 2.00. The van der Waals surface area contributed by atoms with E-state index in [1.807, 2.05) is 12.1 Å². The van der Waals surface area contributed by atoms with Crippen molar-refractivity contribution in [2.45, 2.75) is 13.0 Å². The average molecular weight is 217 g/mol. The van der Waals surface area contributed by atoms with Crippen LogP contribution >= 0.6 is 0 Å². The van der Waals surface area contributed by atoms with Gasteiger partial charge in [0.05, 0.1) is 0 Å². The number of hydrogen-bond acceptors (Lipinski definition) is 3. The third-order valence-corrected chi connectivity index (χ3v) is 2.29. The maximum absolute atomic E-state index is 11.4. The van der Waals surface area contributed by atoms with Gasteiger partial charge in [-0.2, -0.15) is 0 Å². The maximum atomic E-state index is 11.4. The number of aromatic amines is 1. The van der Waals surface area contributed by atoms with Crippen molar-refractivity contribution in [2.75, 3.05) is 0 Å². The zero-order valence-electron chi connectivity index (χ0n) is 8.59. The molecule has 5 nitrogen and oxygen atoms in total. The van der Waals surface area contributed by atoms with E-state index in [0.29, 0.717) is 13.0 Å². The molecule has 0 saturated heterocycles. The molecule has 0 aromatic carbocycles. The molecule has 0 radical (unpaired) electrons. The van der Waals surface area contributed by atoms with Crippen molar-refractivity contribution in [1.29, 1.82) is 0 Å². The third-order valence-electron chi connectivity index (χ3n) is 2.29. The van der Waals surface area contributed by atoms with Gasteiger partial charge in [0.15, 0.2) is 0 Å². The summed E-state index contributed by atoms with van der Waals surface area (Å²) in [6, 6.07) is 5.08. The lowest BCUT2D eigenvalue weighted by Crippen LogP contribution is -2.34. The van der Waals surface area contributed by atoms with Gasteiger partial charge >= 0.3 is 5.69 Å². The zero-order valence-corrected chi connectivity index (χ0v) is 8.59. The molecule has 16 heavy (non-hydrogen) atoms. The van der Waals surface area contributed by atoms with E-state index >= 15 is 0 Å². The van der Waals surface area contributed by atoms with Crippen molar-refractivity contribution in [3.63, 3.8) is 0 Å². The summed E-state index contributed by atoms with van der Waals surface area (Å²) >= 11 is 0. The highest BCUT2D eigenvalue weighted by atomic mass is 16.2. The molecule has 5 heteroatoms. The minimum atomic E-state index is -0.378. The summed E-state index contributed by atoms with van der Waals surface area (Å²) in [5, 5.41) is 0. The first-order chi connectivity index (χ1) is 7.77. The second kappa shape index (κ2) is 4.57. The molecule has 82 valence electrons. The molecule has 0 aliphatic carbocycles. The van der Waals surface area contributed by atoms with E-state index in [1.165, 1.54) is 16.8 Å². The van der Waals surface area contributed by atoms with Crippen molar-refractivity contribution in [3.05, 3.63) is 63.2 Å². The molecule has 0 bridgehead atoms. The number of nitrogens with one attached hydrogen (secondary N) is 1. The topological polar surface area (TPSA) is 67.8 Å². The van der Waals surface area contributed by atoms with E-state index in [1.54, 1.807) is 12.4 Å². The molecule has 0 spiro atoms. The number of H-pyrrole nitrogens is 1. The number of aromatic nitrogens is 3. The minimum absolute atomic E-state index is 0.285. The Bertz CT molecular complexity index is 543. The first kappa shape index (κ1) is 10.4. The van der Waals surface area contributed by atoms with Crippen molar-refractivity contribution in [2.24, 2.45) is 0 Å². The predicted molar refractivity (Wildman–Crippen MR) is 59.3 cm³/mol. The molecular weight excluding hydrogens is 206 g/mol. The Morgan fingerprint density at radius 1 is 1.31 bits per heavy atom. The van der Waals surface area contributed by atoms with Gasteiger partial charge in [0.2, 0.25) is 0 Å². The molecule has 0 amide bonds. The molecule has 0 saturated carbocycles. The van der Waals surface area contributed by atoms with E-state index < -0.39 is 0 Å². The molecule has 2 rings (SSSR count). The Balaban J connectivity index is 2.17. The van der Waals surface area contributed by atoms with Gasteiger partial charge in [-0.15, -0.1) is 0 Å². The monoisotopic (exact) mass is 217 g/mol. The Hall–Kier alpha value is -2.17. The molecule has 2 aromatic heterocycles. The smallest absolute Gasteiger partial charge is 0.314 e. The molecule has 1 N–H and O–H groups in total. The van der Waals surface area contributed by atoms with Crippen LogP contribution in [0, 0.1) is 0 Å². The Kier molecular flexibility index (Phi) is 2.95. The molecule has 0 fully saturated rings. The lowest BCUT2D eigenvalue weighted by Gasteiger charge is -2.03. The number of pyridine rings is 1. The fourth-order valence-corrected chi connectivity index (χ4v) is 1.45. The van der Waals surface area contributed by atoms with E-state index in [-0.39, 0.29) is 11.2 Å². The summed E-state index contributed by atoms with van der Waals surface area (Å²) in [5.41, 5.74) is 0.335. The molecular formula is C11H11N3O2. The Labute approximate surface area is 91.4 Å². The van der Waals surface area contributed by atoms with Crippen molar-refractivity contribution in [3.8, 4) is 0 Å². The van der Waals surface area contributed by atoms with Crippen LogP contribution in [0.5, 0.6) is 0 Å². The highest BCUT2D eigenvalue weighted by molar-refractivity contribution is 5.08. The molecule has 2 heterocycles. The largest absolute Gasteiger partial charge is 0.328 e. The predicted octanol–water partition coefficient (Wildman–Crippen LogP) is 0.174. The van der Waals surface area contributed by atoms with Crippen LogP contribution in [0.1, 0.15) is 5.56 Å². The average Bonchev–Trinajstić information content (AvgIpc) is 2.30. The van der Waals surface area contributed by atoms with E-state index in [2.05, 4.69) is 9.97 Å². The molecule has 0 aliphatic rings. The van der Waals surface area contributed by atoms with Crippen molar-refractivity contribution >= 4 is 0 Å². The van der Waals surface area contributed by atoms with Crippen LogP contribution in [0.3, 0.4) is 0 Å². The summed E-state index contributed by atoms with van der Waals surface area (Å²) in [5.74, 6) is 0. The highest BCUT2D eigenvalue weighted by Crippen LogP contribution is 1.97. The van der Waals surface area contributed by atoms with Crippen LogP contribution in [-0.4, -0.2) is 14.5 Å². The van der Waals surface area contributed by atoms with Gasteiger partial charge in [0, 0.05) is 31.2 Å². The van der Waals surface area contributed by atoms with E-state index in [9.17, 15) is 9.59 Å². The lowest BCUT2D eigenvalue weighted by molar-refractivity contribution is 0.626. The lowest BCUT2D eigenvalue weighted by atomic mass is 10.2. The van der Waals surface area contributed by atoms with Crippen LogP contribution < -0.4 is 11.2 Å². The Morgan fingerprint density at radius 2 is 2.19 bits per heavy atom. The Morgan fingerprint density at radius 3 is 2.88 bits per heavy atom. The van der Waals surface area contributed by atoms with Gasteiger partial charge in [-0.05, 0) is 18.1 Å². The van der Waals surface area contributed by atoms with E-state index in [0.717, 1.165) is 5.56 Å². The second-order valence-electron chi connectivity index (χ2n) is 3.38. The first-order valence-electron chi connectivity index (χ1n) is 4.95. The number of nitrogens with zero attached hydrogens (tertiary/aromatic N) is 2. The van der Waals surface area contributed by atoms with E-state index in [4.69, 9.17) is 0 Å². The van der Waals surface area contributed by atoms with Gasteiger partial charge in [0.1, 0.15) is 0 Å². The molecule has 0 unspecified atom stereocenters. The summed E-state index contributed by atoms with van der Waals surface area (Å²) in [4.78, 5) is 29.2. The van der Waals surface area contributed by atoms with Crippen LogP contribution in [0.25, 0.3) is 0 Å². The molecule has 0 aliphatic heterocycles. The minimum Gasteiger partial charge on any atom is -0.314 e. The van der Waals surface area contributed by atoms with Crippen LogP contribution in [0.4, 0.5) is 0 Å². The molecule has 2 aromatic rings. The summed E-state index contributed by atoms with van der Waals surface area (Å²) in [6.45, 7) is 0.362.